The zero-order valence-corrected chi connectivity index (χ0v) is 13.6. The molecule has 0 spiro atoms. The molecule has 0 unspecified atom stereocenters. The van der Waals surface area contributed by atoms with Gasteiger partial charge in [0.2, 0.25) is 0 Å². The Morgan fingerprint density at radius 2 is 2.19 bits per heavy atom. The number of rotatable bonds is 3. The summed E-state index contributed by atoms with van der Waals surface area (Å²) in [6, 6.07) is 7.46. The Hall–Kier alpha value is -1.46. The van der Waals surface area contributed by atoms with Crippen molar-refractivity contribution in [1.82, 2.24) is 14.9 Å². The molecule has 110 valence electrons. The molecule has 0 fully saturated rings. The summed E-state index contributed by atoms with van der Waals surface area (Å²) in [4.78, 5) is 21.8. The Balaban J connectivity index is 1.73. The summed E-state index contributed by atoms with van der Waals surface area (Å²) in [7, 11) is 0. The molecule has 1 aliphatic rings. The fraction of sp³-hybridized carbons (Fsp3) is 0.375. The van der Waals surface area contributed by atoms with Crippen LogP contribution in [-0.4, -0.2) is 34.5 Å². The van der Waals surface area contributed by atoms with Gasteiger partial charge in [0, 0.05) is 30.5 Å². The van der Waals surface area contributed by atoms with Crippen LogP contribution >= 0.6 is 15.9 Å². The van der Waals surface area contributed by atoms with Crippen LogP contribution in [0.4, 0.5) is 0 Å². The van der Waals surface area contributed by atoms with Crippen molar-refractivity contribution >= 4 is 26.8 Å². The predicted molar refractivity (Wildman–Crippen MR) is 88.8 cm³/mol. The topological polar surface area (TPSA) is 49.0 Å². The van der Waals surface area contributed by atoms with Gasteiger partial charge in [-0.3, -0.25) is 9.69 Å². The molecular formula is C16H18BrN3O. The first-order valence-corrected chi connectivity index (χ1v) is 7.97. The molecule has 0 aliphatic carbocycles. The third kappa shape index (κ3) is 3.24. The molecule has 3 rings (SSSR count). The third-order valence-electron chi connectivity index (χ3n) is 3.96. The first-order chi connectivity index (χ1) is 10.1. The van der Waals surface area contributed by atoms with E-state index in [2.05, 4.69) is 37.7 Å². The van der Waals surface area contributed by atoms with Crippen molar-refractivity contribution < 1.29 is 0 Å². The average Bonchev–Trinajstić information content (AvgIpc) is 2.49. The molecule has 2 heterocycles. The minimum absolute atomic E-state index is 0.0498. The number of fused-ring (bicyclic) bond motifs is 1. The highest BCUT2D eigenvalue weighted by Crippen LogP contribution is 2.21. The van der Waals surface area contributed by atoms with Crippen LogP contribution in [0, 0.1) is 0 Å². The minimum atomic E-state index is -0.0498. The largest absolute Gasteiger partial charge is 0.310 e. The lowest BCUT2D eigenvalue weighted by molar-refractivity contribution is 0.294. The van der Waals surface area contributed by atoms with Gasteiger partial charge in [0.05, 0.1) is 10.9 Å². The van der Waals surface area contributed by atoms with E-state index in [1.54, 1.807) is 6.07 Å². The highest BCUT2D eigenvalue weighted by molar-refractivity contribution is 9.11. The van der Waals surface area contributed by atoms with Gasteiger partial charge in [0.15, 0.2) is 0 Å². The molecule has 0 amide bonds. The zero-order chi connectivity index (χ0) is 14.8. The first kappa shape index (κ1) is 14.5. The fourth-order valence-corrected chi connectivity index (χ4v) is 3.13. The lowest BCUT2D eigenvalue weighted by atomic mass is 10.1. The summed E-state index contributed by atoms with van der Waals surface area (Å²) in [5.74, 6) is 0.765. The molecule has 5 heteroatoms. The molecule has 1 aromatic heterocycles. The molecular weight excluding hydrogens is 330 g/mol. The summed E-state index contributed by atoms with van der Waals surface area (Å²) < 4.78 is 1.29. The van der Waals surface area contributed by atoms with Gasteiger partial charge in [-0.05, 0) is 25.5 Å². The van der Waals surface area contributed by atoms with Gasteiger partial charge in [-0.2, -0.15) is 0 Å². The lowest BCUT2D eigenvalue weighted by Crippen LogP contribution is -2.32. The number of para-hydroxylation sites is 1. The molecule has 21 heavy (non-hydrogen) atoms. The maximum absolute atomic E-state index is 12.0. The van der Waals surface area contributed by atoms with Crippen LogP contribution in [0.15, 0.2) is 39.1 Å². The molecule has 0 radical (unpaired) electrons. The predicted octanol–water partition coefficient (Wildman–Crippen LogP) is 2.84. The number of hydrogen-bond donors (Lipinski definition) is 1. The van der Waals surface area contributed by atoms with E-state index in [4.69, 9.17) is 0 Å². The van der Waals surface area contributed by atoms with Crippen LogP contribution in [0.5, 0.6) is 0 Å². The Bertz CT molecular complexity index is 751. The van der Waals surface area contributed by atoms with Crippen molar-refractivity contribution in [3.63, 3.8) is 0 Å². The smallest absolute Gasteiger partial charge is 0.258 e. The highest BCUT2D eigenvalue weighted by Gasteiger charge is 2.15. The number of aromatic nitrogens is 2. The van der Waals surface area contributed by atoms with Gasteiger partial charge in [-0.25, -0.2) is 4.98 Å². The van der Waals surface area contributed by atoms with Crippen LogP contribution in [0.1, 0.15) is 19.2 Å². The molecule has 0 atom stereocenters. The van der Waals surface area contributed by atoms with E-state index >= 15 is 0 Å². The number of benzene rings is 1. The Labute approximate surface area is 132 Å². The fourth-order valence-electron chi connectivity index (χ4n) is 2.58. The van der Waals surface area contributed by atoms with E-state index in [1.807, 2.05) is 18.2 Å². The number of H-pyrrole nitrogens is 1. The van der Waals surface area contributed by atoms with Crippen molar-refractivity contribution in [1.29, 1.82) is 0 Å². The molecule has 0 saturated heterocycles. The van der Waals surface area contributed by atoms with E-state index in [1.165, 1.54) is 10.1 Å². The van der Waals surface area contributed by atoms with Crippen molar-refractivity contribution in [2.24, 2.45) is 0 Å². The second kappa shape index (κ2) is 6.12. The summed E-state index contributed by atoms with van der Waals surface area (Å²) in [5, 5.41) is 0.653. The SMILES string of the molecule is CC1=C(Br)CN(CCc2nc3ccccc3c(=O)[nH]2)CC1. The van der Waals surface area contributed by atoms with Gasteiger partial charge in [-0.15, -0.1) is 0 Å². The second-order valence-corrected chi connectivity index (χ2v) is 6.45. The van der Waals surface area contributed by atoms with Gasteiger partial charge in [0.1, 0.15) is 5.82 Å². The van der Waals surface area contributed by atoms with E-state index in [0.717, 1.165) is 43.8 Å². The maximum Gasteiger partial charge on any atom is 0.258 e. The molecule has 1 aromatic carbocycles. The minimum Gasteiger partial charge on any atom is -0.310 e. The summed E-state index contributed by atoms with van der Waals surface area (Å²) in [6.07, 6.45) is 1.86. The van der Waals surface area contributed by atoms with Crippen LogP contribution in [0.3, 0.4) is 0 Å². The zero-order valence-electron chi connectivity index (χ0n) is 12.0. The van der Waals surface area contributed by atoms with Gasteiger partial charge in [0.25, 0.3) is 5.56 Å². The molecule has 1 N–H and O–H groups in total. The van der Waals surface area contributed by atoms with E-state index in [-0.39, 0.29) is 5.56 Å². The number of aromatic amines is 1. The van der Waals surface area contributed by atoms with E-state index in [9.17, 15) is 4.79 Å². The summed E-state index contributed by atoms with van der Waals surface area (Å²) >= 11 is 3.63. The number of hydrogen-bond acceptors (Lipinski definition) is 3. The normalized spacial score (nSPS) is 16.7. The van der Waals surface area contributed by atoms with E-state index < -0.39 is 0 Å². The highest BCUT2D eigenvalue weighted by atomic mass is 79.9. The maximum atomic E-state index is 12.0. The van der Waals surface area contributed by atoms with Gasteiger partial charge >= 0.3 is 0 Å². The van der Waals surface area contributed by atoms with Gasteiger partial charge in [-0.1, -0.05) is 33.6 Å². The monoisotopic (exact) mass is 347 g/mol. The van der Waals surface area contributed by atoms with Crippen LogP contribution in [0.25, 0.3) is 10.9 Å². The Kier molecular flexibility index (Phi) is 4.22. The second-order valence-electron chi connectivity index (χ2n) is 5.49. The number of nitrogens with zero attached hydrogens (tertiary/aromatic N) is 2. The molecule has 4 nitrogen and oxygen atoms in total. The van der Waals surface area contributed by atoms with Crippen molar-refractivity contribution in [2.45, 2.75) is 19.8 Å². The molecule has 0 saturated carbocycles. The third-order valence-corrected chi connectivity index (χ3v) is 4.88. The molecule has 1 aliphatic heterocycles. The quantitative estimate of drug-likeness (QED) is 0.928. The number of halogens is 1. The first-order valence-electron chi connectivity index (χ1n) is 7.18. The molecule has 2 aromatic rings. The van der Waals surface area contributed by atoms with Crippen LogP contribution in [0.2, 0.25) is 0 Å². The summed E-state index contributed by atoms with van der Waals surface area (Å²) in [5.41, 5.74) is 2.15. The number of nitrogens with one attached hydrogen (secondary N) is 1. The average molecular weight is 348 g/mol. The van der Waals surface area contributed by atoms with E-state index in [0.29, 0.717) is 5.39 Å². The lowest BCUT2D eigenvalue weighted by Gasteiger charge is -2.27. The standard InChI is InChI=1S/C16H18BrN3O/c1-11-6-8-20(10-13(11)17)9-7-15-18-14-5-3-2-4-12(14)16(21)19-15/h2-5H,6-10H2,1H3,(H,18,19,21). The van der Waals surface area contributed by atoms with Crippen molar-refractivity contribution in [2.75, 3.05) is 19.6 Å². The van der Waals surface area contributed by atoms with Crippen molar-refractivity contribution in [3.8, 4) is 0 Å². The molecule has 0 bridgehead atoms. The van der Waals surface area contributed by atoms with Crippen molar-refractivity contribution in [3.05, 3.63) is 50.5 Å². The summed E-state index contributed by atoms with van der Waals surface area (Å²) in [6.45, 7) is 5.09. The van der Waals surface area contributed by atoms with Crippen LogP contribution < -0.4 is 5.56 Å². The Morgan fingerprint density at radius 3 is 3.00 bits per heavy atom. The van der Waals surface area contributed by atoms with Crippen LogP contribution in [-0.2, 0) is 6.42 Å². The van der Waals surface area contributed by atoms with Gasteiger partial charge < -0.3 is 4.98 Å². The Morgan fingerprint density at radius 1 is 1.38 bits per heavy atom.